The summed E-state index contributed by atoms with van der Waals surface area (Å²) < 4.78 is 42.0. The summed E-state index contributed by atoms with van der Waals surface area (Å²) in [5, 5.41) is 0. The minimum Gasteiger partial charge on any atom is -0.463 e. The fraction of sp³-hybridized carbons (Fsp3) is 0.826. The Morgan fingerprint density at radius 3 is 1.30 bits per heavy atom. The van der Waals surface area contributed by atoms with Gasteiger partial charge >= 0.3 is 11.9 Å². The minimum absolute atomic E-state index is 0.163. The molecular formula is C23H42O10. The zero-order valence-electron chi connectivity index (χ0n) is 20.1. The van der Waals surface area contributed by atoms with Gasteiger partial charge in [0.25, 0.3) is 0 Å². The van der Waals surface area contributed by atoms with Gasteiger partial charge in [0.1, 0.15) is 13.2 Å². The van der Waals surface area contributed by atoms with E-state index >= 15 is 0 Å². The van der Waals surface area contributed by atoms with Crippen LogP contribution in [0.25, 0.3) is 0 Å². The number of esters is 2. The molecule has 0 bridgehead atoms. The molecule has 0 atom stereocenters. The van der Waals surface area contributed by atoms with E-state index in [1.807, 2.05) is 0 Å². The van der Waals surface area contributed by atoms with Crippen LogP contribution in [0.15, 0.2) is 12.7 Å². The van der Waals surface area contributed by atoms with Crippen LogP contribution in [0.1, 0.15) is 32.6 Å². The van der Waals surface area contributed by atoms with Crippen LogP contribution in [0, 0.1) is 0 Å². The molecule has 0 saturated heterocycles. The Bertz CT molecular complexity index is 459. The maximum atomic E-state index is 11.4. The van der Waals surface area contributed by atoms with Crippen molar-refractivity contribution < 1.29 is 47.5 Å². The van der Waals surface area contributed by atoms with Gasteiger partial charge in [0, 0.05) is 12.5 Å². The summed E-state index contributed by atoms with van der Waals surface area (Å²) in [5.41, 5.74) is 0. The molecule has 0 heterocycles. The summed E-state index contributed by atoms with van der Waals surface area (Å²) in [4.78, 5) is 22.2. The van der Waals surface area contributed by atoms with Gasteiger partial charge in [-0.2, -0.15) is 0 Å². The largest absolute Gasteiger partial charge is 0.463 e. The van der Waals surface area contributed by atoms with Gasteiger partial charge < -0.3 is 37.9 Å². The van der Waals surface area contributed by atoms with Crippen molar-refractivity contribution in [2.45, 2.75) is 32.6 Å². The predicted octanol–water partition coefficient (Wildman–Crippen LogP) is 1.94. The highest BCUT2D eigenvalue weighted by molar-refractivity contribution is 5.81. The van der Waals surface area contributed by atoms with E-state index in [0.29, 0.717) is 85.7 Å². The van der Waals surface area contributed by atoms with Gasteiger partial charge in [-0.1, -0.05) is 26.3 Å². The first-order valence-electron chi connectivity index (χ1n) is 11.6. The molecule has 0 amide bonds. The smallest absolute Gasteiger partial charge is 0.330 e. The van der Waals surface area contributed by atoms with Crippen LogP contribution in [0.2, 0.25) is 0 Å². The van der Waals surface area contributed by atoms with E-state index in [9.17, 15) is 9.59 Å². The van der Waals surface area contributed by atoms with E-state index in [4.69, 9.17) is 37.9 Å². The number of ether oxygens (including phenoxy) is 8. The fourth-order valence-corrected chi connectivity index (χ4v) is 2.27. The molecule has 0 aliphatic heterocycles. The molecule has 0 fully saturated rings. The highest BCUT2D eigenvalue weighted by Gasteiger charge is 2.01. The molecule has 0 rings (SSSR count). The third-order valence-corrected chi connectivity index (χ3v) is 3.97. The van der Waals surface area contributed by atoms with E-state index < -0.39 is 5.97 Å². The first-order valence-corrected chi connectivity index (χ1v) is 11.6. The highest BCUT2D eigenvalue weighted by atomic mass is 16.6. The number of carbonyl (C=O) groups excluding carboxylic acids is 2. The van der Waals surface area contributed by atoms with Crippen molar-refractivity contribution in [1.82, 2.24) is 0 Å². The van der Waals surface area contributed by atoms with Crippen molar-refractivity contribution in [3.63, 3.8) is 0 Å². The molecule has 0 unspecified atom stereocenters. The molecule has 0 spiro atoms. The van der Waals surface area contributed by atoms with Crippen molar-refractivity contribution in [2.75, 3.05) is 92.5 Å². The Morgan fingerprint density at radius 1 is 0.576 bits per heavy atom. The molecule has 0 aromatic carbocycles. The van der Waals surface area contributed by atoms with Crippen LogP contribution >= 0.6 is 0 Å². The minimum atomic E-state index is -0.459. The molecule has 0 aliphatic carbocycles. The molecule has 0 aliphatic rings. The molecule has 0 aromatic rings. The standard InChI is InChI=1S/C23H42O10/c1-3-5-6-7-23(25)33-21-19-31-17-15-29-13-11-27-9-8-26-10-12-28-14-16-30-18-20-32-22(24)4-2/h4H,2-3,5-21H2,1H3. The predicted molar refractivity (Wildman–Crippen MR) is 121 cm³/mol. The van der Waals surface area contributed by atoms with Crippen molar-refractivity contribution in [2.24, 2.45) is 0 Å². The molecule has 0 radical (unpaired) electrons. The van der Waals surface area contributed by atoms with Crippen LogP contribution in [-0.4, -0.2) is 104 Å². The topological polar surface area (TPSA) is 108 Å². The maximum absolute atomic E-state index is 11.4. The van der Waals surface area contributed by atoms with Gasteiger partial charge in [0.05, 0.1) is 79.3 Å². The summed E-state index contributed by atoms with van der Waals surface area (Å²) in [6.07, 6.45) is 4.60. The first-order chi connectivity index (χ1) is 16.2. The van der Waals surface area contributed by atoms with E-state index in [1.54, 1.807) is 0 Å². The number of unbranched alkanes of at least 4 members (excludes halogenated alkanes) is 2. The molecule has 0 aromatic heterocycles. The van der Waals surface area contributed by atoms with Crippen molar-refractivity contribution in [3.05, 3.63) is 12.7 Å². The van der Waals surface area contributed by atoms with Crippen molar-refractivity contribution >= 4 is 11.9 Å². The lowest BCUT2D eigenvalue weighted by Crippen LogP contribution is -2.15. The summed E-state index contributed by atoms with van der Waals surface area (Å²) in [6, 6.07) is 0. The quantitative estimate of drug-likeness (QED) is 0.104. The fourth-order valence-electron chi connectivity index (χ4n) is 2.27. The number of hydrogen-bond donors (Lipinski definition) is 0. The van der Waals surface area contributed by atoms with Gasteiger partial charge in [-0.15, -0.1) is 0 Å². The Balaban J connectivity index is 3.10. The van der Waals surface area contributed by atoms with Gasteiger partial charge in [-0.05, 0) is 6.42 Å². The average molecular weight is 479 g/mol. The third kappa shape index (κ3) is 26.6. The Hall–Kier alpha value is -1.56. The number of rotatable bonds is 26. The lowest BCUT2D eigenvalue weighted by molar-refractivity contribution is -0.145. The van der Waals surface area contributed by atoms with Crippen LogP contribution in [0.4, 0.5) is 0 Å². The number of hydrogen-bond acceptors (Lipinski definition) is 10. The molecule has 10 nitrogen and oxygen atoms in total. The van der Waals surface area contributed by atoms with Gasteiger partial charge in [-0.3, -0.25) is 4.79 Å². The van der Waals surface area contributed by atoms with Crippen molar-refractivity contribution in [3.8, 4) is 0 Å². The lowest BCUT2D eigenvalue weighted by Gasteiger charge is -2.08. The molecule has 33 heavy (non-hydrogen) atoms. The molecular weight excluding hydrogens is 436 g/mol. The van der Waals surface area contributed by atoms with Crippen molar-refractivity contribution in [1.29, 1.82) is 0 Å². The summed E-state index contributed by atoms with van der Waals surface area (Å²) >= 11 is 0. The van der Waals surface area contributed by atoms with Crippen LogP contribution in [0.5, 0.6) is 0 Å². The summed E-state index contributed by atoms with van der Waals surface area (Å²) in [6.45, 7) is 11.2. The normalized spacial score (nSPS) is 10.8. The second-order valence-electron chi connectivity index (χ2n) is 6.72. The maximum Gasteiger partial charge on any atom is 0.330 e. The van der Waals surface area contributed by atoms with E-state index in [-0.39, 0.29) is 19.2 Å². The zero-order chi connectivity index (χ0) is 24.2. The third-order valence-electron chi connectivity index (χ3n) is 3.97. The lowest BCUT2D eigenvalue weighted by atomic mass is 10.2. The van der Waals surface area contributed by atoms with E-state index in [2.05, 4.69) is 13.5 Å². The van der Waals surface area contributed by atoms with E-state index in [1.165, 1.54) is 0 Å². The monoisotopic (exact) mass is 478 g/mol. The molecule has 10 heteroatoms. The van der Waals surface area contributed by atoms with Gasteiger partial charge in [-0.25, -0.2) is 4.79 Å². The van der Waals surface area contributed by atoms with Crippen LogP contribution in [0.3, 0.4) is 0 Å². The second-order valence-corrected chi connectivity index (χ2v) is 6.72. The number of carbonyl (C=O) groups is 2. The summed E-state index contributed by atoms with van der Waals surface area (Å²) in [7, 11) is 0. The first kappa shape index (κ1) is 31.4. The van der Waals surface area contributed by atoms with Crippen LogP contribution < -0.4 is 0 Å². The average Bonchev–Trinajstić information content (AvgIpc) is 2.82. The Kier molecular flexibility index (Phi) is 25.4. The molecule has 194 valence electrons. The second kappa shape index (κ2) is 26.7. The Morgan fingerprint density at radius 2 is 0.939 bits per heavy atom. The SMILES string of the molecule is C=CC(=O)OCCOCCOCCOCCOCCOCCOCCOC(=O)CCCCC. The van der Waals surface area contributed by atoms with Crippen LogP contribution in [-0.2, 0) is 47.5 Å². The zero-order valence-corrected chi connectivity index (χ0v) is 20.1. The van der Waals surface area contributed by atoms with E-state index in [0.717, 1.165) is 25.3 Å². The van der Waals surface area contributed by atoms with Gasteiger partial charge in [0.15, 0.2) is 0 Å². The molecule has 0 saturated carbocycles. The molecule has 0 N–H and O–H groups in total. The highest BCUT2D eigenvalue weighted by Crippen LogP contribution is 2.00. The van der Waals surface area contributed by atoms with Gasteiger partial charge in [0.2, 0.25) is 0 Å². The summed E-state index contributed by atoms with van der Waals surface area (Å²) in [5.74, 6) is -0.622. The Labute approximate surface area is 197 Å².